The highest BCUT2D eigenvalue weighted by molar-refractivity contribution is 5.70. The van der Waals surface area contributed by atoms with Crippen LogP contribution >= 0.6 is 0 Å². The van der Waals surface area contributed by atoms with Gasteiger partial charge in [0.25, 0.3) is 0 Å². The van der Waals surface area contributed by atoms with Gasteiger partial charge in [-0.2, -0.15) is 0 Å². The molecule has 0 aliphatic rings. The normalized spacial score (nSPS) is 13.5. The number of carbonyl (C=O) groups is 2. The van der Waals surface area contributed by atoms with E-state index in [0.29, 0.717) is 24.9 Å². The van der Waals surface area contributed by atoms with Crippen molar-refractivity contribution in [3.8, 4) is 0 Å². The molecule has 0 fully saturated rings. The average molecular weight is 471 g/mol. The Bertz CT molecular complexity index is 435. The minimum Gasteiger partial charge on any atom is -0.481 e. The molecule has 0 radical (unpaired) electrons. The molecule has 0 heterocycles. The first-order chi connectivity index (χ1) is 15.8. The van der Waals surface area contributed by atoms with Gasteiger partial charge in [0.2, 0.25) is 0 Å². The first kappa shape index (κ1) is 34.1. The van der Waals surface area contributed by atoms with Gasteiger partial charge >= 0.3 is 11.9 Å². The molecule has 0 aromatic rings. The van der Waals surface area contributed by atoms with Crippen LogP contribution in [0.2, 0.25) is 0 Å². The van der Waals surface area contributed by atoms with Crippen molar-refractivity contribution in [3.63, 3.8) is 0 Å². The Labute approximate surface area is 206 Å². The maximum absolute atomic E-state index is 11.4. The molecule has 0 aromatic heterocycles. The standard InChI is InChI=1S/C15H30O2.C14H28O2/c1-4-6-7-8-9-10-11-12-15(16)17-13-14(3)5-2;1-4-6-7-8-10-13(14(15)16)11-12(3)9-5-2/h14H,4-13H2,1-3H3;12-13H,4-11H2,1-3H3,(H,15,16). The summed E-state index contributed by atoms with van der Waals surface area (Å²) in [5, 5.41) is 9.15. The van der Waals surface area contributed by atoms with E-state index < -0.39 is 5.97 Å². The minimum absolute atomic E-state index is 0.0149. The van der Waals surface area contributed by atoms with E-state index in [2.05, 4.69) is 41.5 Å². The van der Waals surface area contributed by atoms with Crippen LogP contribution in [-0.4, -0.2) is 23.7 Å². The third kappa shape index (κ3) is 25.4. The number of unbranched alkanes of at least 4 members (excludes halogenated alkanes) is 9. The fraction of sp³-hybridized carbons (Fsp3) is 0.931. The number of aliphatic carboxylic acids is 1. The van der Waals surface area contributed by atoms with Crippen LogP contribution in [0, 0.1) is 17.8 Å². The summed E-state index contributed by atoms with van der Waals surface area (Å²) in [5.74, 6) is 0.321. The van der Waals surface area contributed by atoms with Gasteiger partial charge in [-0.3, -0.25) is 9.59 Å². The molecule has 4 nitrogen and oxygen atoms in total. The van der Waals surface area contributed by atoms with Crippen LogP contribution in [0.4, 0.5) is 0 Å². The summed E-state index contributed by atoms with van der Waals surface area (Å²) in [6.07, 6.45) is 19.1. The number of carboxylic acid groups (broad SMARTS) is 1. The Balaban J connectivity index is 0. The summed E-state index contributed by atoms with van der Waals surface area (Å²) in [4.78, 5) is 22.5. The molecule has 0 saturated carbocycles. The molecule has 0 aliphatic heterocycles. The molecule has 3 unspecified atom stereocenters. The van der Waals surface area contributed by atoms with Crippen molar-refractivity contribution in [2.45, 2.75) is 151 Å². The van der Waals surface area contributed by atoms with Gasteiger partial charge in [0.05, 0.1) is 12.5 Å². The maximum Gasteiger partial charge on any atom is 0.306 e. The summed E-state index contributed by atoms with van der Waals surface area (Å²) in [6, 6.07) is 0. The first-order valence-corrected chi connectivity index (χ1v) is 14.2. The van der Waals surface area contributed by atoms with Gasteiger partial charge in [-0.15, -0.1) is 0 Å². The van der Waals surface area contributed by atoms with Crippen LogP contribution < -0.4 is 0 Å². The van der Waals surface area contributed by atoms with Crippen molar-refractivity contribution in [1.29, 1.82) is 0 Å². The lowest BCUT2D eigenvalue weighted by molar-refractivity contribution is -0.145. The molecular weight excluding hydrogens is 412 g/mol. The second-order valence-electron chi connectivity index (χ2n) is 10.1. The van der Waals surface area contributed by atoms with E-state index in [0.717, 1.165) is 44.9 Å². The highest BCUT2D eigenvalue weighted by Crippen LogP contribution is 2.22. The lowest BCUT2D eigenvalue weighted by Crippen LogP contribution is -2.17. The molecule has 198 valence electrons. The van der Waals surface area contributed by atoms with Crippen LogP contribution in [0.3, 0.4) is 0 Å². The number of carbonyl (C=O) groups excluding carboxylic acids is 1. The molecule has 0 aliphatic carbocycles. The summed E-state index contributed by atoms with van der Waals surface area (Å²) >= 11 is 0. The van der Waals surface area contributed by atoms with E-state index in [4.69, 9.17) is 9.84 Å². The molecule has 33 heavy (non-hydrogen) atoms. The van der Waals surface area contributed by atoms with Crippen molar-refractivity contribution in [1.82, 2.24) is 0 Å². The lowest BCUT2D eigenvalue weighted by Gasteiger charge is -2.16. The predicted molar refractivity (Wildman–Crippen MR) is 142 cm³/mol. The molecule has 4 heteroatoms. The quantitative estimate of drug-likeness (QED) is 0.134. The van der Waals surface area contributed by atoms with Crippen molar-refractivity contribution < 1.29 is 19.4 Å². The van der Waals surface area contributed by atoms with Crippen LogP contribution in [-0.2, 0) is 14.3 Å². The minimum atomic E-state index is -0.598. The van der Waals surface area contributed by atoms with Gasteiger partial charge in [0.1, 0.15) is 0 Å². The fourth-order valence-corrected chi connectivity index (χ4v) is 3.91. The average Bonchev–Trinajstić information content (AvgIpc) is 2.79. The van der Waals surface area contributed by atoms with Crippen LogP contribution in [0.25, 0.3) is 0 Å². The third-order valence-corrected chi connectivity index (χ3v) is 6.43. The highest BCUT2D eigenvalue weighted by Gasteiger charge is 2.19. The summed E-state index contributed by atoms with van der Waals surface area (Å²) in [5.41, 5.74) is 0. The van der Waals surface area contributed by atoms with Crippen LogP contribution in [0.1, 0.15) is 151 Å². The van der Waals surface area contributed by atoms with Gasteiger partial charge in [0.15, 0.2) is 0 Å². The van der Waals surface area contributed by atoms with Gasteiger partial charge < -0.3 is 9.84 Å². The number of ether oxygens (including phenoxy) is 1. The van der Waals surface area contributed by atoms with E-state index in [-0.39, 0.29) is 11.9 Å². The van der Waals surface area contributed by atoms with Crippen LogP contribution in [0.5, 0.6) is 0 Å². The smallest absolute Gasteiger partial charge is 0.306 e. The number of rotatable bonds is 21. The predicted octanol–water partition coefficient (Wildman–Crippen LogP) is 9.20. The van der Waals surface area contributed by atoms with Crippen molar-refractivity contribution in [3.05, 3.63) is 0 Å². The number of hydrogen-bond acceptors (Lipinski definition) is 3. The zero-order valence-electron chi connectivity index (χ0n) is 23.1. The van der Waals surface area contributed by atoms with Crippen molar-refractivity contribution >= 4 is 11.9 Å². The zero-order valence-corrected chi connectivity index (χ0v) is 23.1. The Morgan fingerprint density at radius 2 is 1.24 bits per heavy atom. The summed E-state index contributed by atoms with van der Waals surface area (Å²) in [7, 11) is 0. The third-order valence-electron chi connectivity index (χ3n) is 6.43. The second-order valence-corrected chi connectivity index (χ2v) is 10.1. The Hall–Kier alpha value is -1.06. The first-order valence-electron chi connectivity index (χ1n) is 14.2. The second kappa shape index (κ2) is 25.6. The number of esters is 1. The van der Waals surface area contributed by atoms with E-state index in [9.17, 15) is 9.59 Å². The van der Waals surface area contributed by atoms with Gasteiger partial charge in [-0.05, 0) is 31.1 Å². The highest BCUT2D eigenvalue weighted by atomic mass is 16.5. The largest absolute Gasteiger partial charge is 0.481 e. The van der Waals surface area contributed by atoms with Gasteiger partial charge in [0, 0.05) is 6.42 Å². The molecule has 1 N–H and O–H groups in total. The van der Waals surface area contributed by atoms with E-state index >= 15 is 0 Å². The Morgan fingerprint density at radius 3 is 1.76 bits per heavy atom. The summed E-state index contributed by atoms with van der Waals surface area (Å²) < 4.78 is 5.20. The van der Waals surface area contributed by atoms with E-state index in [1.165, 1.54) is 57.8 Å². The number of hydrogen-bond donors (Lipinski definition) is 1. The monoisotopic (exact) mass is 470 g/mol. The van der Waals surface area contributed by atoms with Crippen molar-refractivity contribution in [2.24, 2.45) is 17.8 Å². The Morgan fingerprint density at radius 1 is 0.697 bits per heavy atom. The molecule has 0 aromatic carbocycles. The van der Waals surface area contributed by atoms with Gasteiger partial charge in [-0.25, -0.2) is 0 Å². The Kier molecular flexibility index (Phi) is 26.4. The number of carboxylic acids is 1. The maximum atomic E-state index is 11.4. The molecule has 0 spiro atoms. The molecule has 0 saturated heterocycles. The molecule has 0 rings (SSSR count). The van der Waals surface area contributed by atoms with E-state index in [1.54, 1.807) is 0 Å². The lowest BCUT2D eigenvalue weighted by atomic mass is 9.89. The SMILES string of the molecule is CCCCCCC(CC(C)CCC)C(=O)O.CCCCCCCCCC(=O)OCC(C)CC. The fourth-order valence-electron chi connectivity index (χ4n) is 3.91. The van der Waals surface area contributed by atoms with E-state index in [1.807, 2.05) is 0 Å². The molecule has 3 atom stereocenters. The molecule has 0 amide bonds. The topological polar surface area (TPSA) is 63.6 Å². The molecular formula is C29H58O4. The van der Waals surface area contributed by atoms with Gasteiger partial charge in [-0.1, -0.05) is 125 Å². The van der Waals surface area contributed by atoms with Crippen molar-refractivity contribution in [2.75, 3.05) is 6.61 Å². The van der Waals surface area contributed by atoms with Crippen LogP contribution in [0.15, 0.2) is 0 Å². The molecule has 0 bridgehead atoms. The summed E-state index contributed by atoms with van der Waals surface area (Å²) in [6.45, 7) is 13.6. The zero-order chi connectivity index (χ0) is 25.3.